The van der Waals surface area contributed by atoms with Crippen molar-refractivity contribution in [3.63, 3.8) is 0 Å². The van der Waals surface area contributed by atoms with E-state index >= 15 is 0 Å². The zero-order valence-corrected chi connectivity index (χ0v) is 18.1. The molecule has 8 heteroatoms. The summed E-state index contributed by atoms with van der Waals surface area (Å²) in [6.45, 7) is 3.29. The molecule has 3 rings (SSSR count). The van der Waals surface area contributed by atoms with Gasteiger partial charge in [-0.05, 0) is 56.0 Å². The van der Waals surface area contributed by atoms with Gasteiger partial charge in [-0.15, -0.1) is 0 Å². The van der Waals surface area contributed by atoms with E-state index in [-0.39, 0.29) is 23.3 Å². The molecule has 1 saturated heterocycles. The van der Waals surface area contributed by atoms with Crippen LogP contribution in [0.3, 0.4) is 0 Å². The maximum Gasteiger partial charge on any atom is 0.257 e. The second-order valence-corrected chi connectivity index (χ2v) is 9.47. The standard InChI is InChI=1S/C21H25ClN2O4S/c1-15-5-8-18(9-6-15)29(26,27)23-13-16-4-3-11-24(14-16)21(25)19-12-17(22)7-10-20(19)28-2/h5-10,12,16,23H,3-4,11,13-14H2,1-2H3. The number of halogens is 1. The summed E-state index contributed by atoms with van der Waals surface area (Å²) in [4.78, 5) is 15.0. The minimum atomic E-state index is -3.57. The molecule has 1 atom stereocenters. The van der Waals surface area contributed by atoms with Crippen LogP contribution in [0.15, 0.2) is 47.4 Å². The van der Waals surface area contributed by atoms with Crippen LogP contribution in [-0.4, -0.2) is 46.0 Å². The Morgan fingerprint density at radius 3 is 2.66 bits per heavy atom. The van der Waals surface area contributed by atoms with Crippen LogP contribution in [0.1, 0.15) is 28.8 Å². The molecular formula is C21H25ClN2O4S. The Bertz CT molecular complexity index is 977. The van der Waals surface area contributed by atoms with E-state index in [1.807, 2.05) is 6.92 Å². The second-order valence-electron chi connectivity index (χ2n) is 7.27. The Hall–Kier alpha value is -2.09. The number of piperidine rings is 1. The summed E-state index contributed by atoms with van der Waals surface area (Å²) in [5, 5.41) is 0.466. The fourth-order valence-electron chi connectivity index (χ4n) is 3.46. The Kier molecular flexibility index (Phi) is 6.82. The number of likely N-dealkylation sites (tertiary alicyclic amines) is 1. The molecule has 2 aromatic carbocycles. The van der Waals surface area contributed by atoms with Crippen LogP contribution in [0.25, 0.3) is 0 Å². The Labute approximate surface area is 176 Å². The van der Waals surface area contributed by atoms with Crippen molar-refractivity contribution < 1.29 is 17.9 Å². The number of nitrogens with zero attached hydrogens (tertiary/aromatic N) is 1. The van der Waals surface area contributed by atoms with Crippen molar-refractivity contribution in [2.75, 3.05) is 26.7 Å². The van der Waals surface area contributed by atoms with Gasteiger partial charge in [0.05, 0.1) is 17.6 Å². The number of amides is 1. The van der Waals surface area contributed by atoms with Crippen LogP contribution in [-0.2, 0) is 10.0 Å². The van der Waals surface area contributed by atoms with Gasteiger partial charge >= 0.3 is 0 Å². The Morgan fingerprint density at radius 2 is 1.97 bits per heavy atom. The molecule has 0 saturated carbocycles. The molecule has 29 heavy (non-hydrogen) atoms. The van der Waals surface area contributed by atoms with E-state index in [2.05, 4.69) is 4.72 Å². The van der Waals surface area contributed by atoms with E-state index in [9.17, 15) is 13.2 Å². The van der Waals surface area contributed by atoms with Crippen molar-refractivity contribution in [2.45, 2.75) is 24.7 Å². The lowest BCUT2D eigenvalue weighted by Gasteiger charge is -2.33. The molecule has 1 N–H and O–H groups in total. The fourth-order valence-corrected chi connectivity index (χ4v) is 4.75. The average Bonchev–Trinajstić information content (AvgIpc) is 2.72. The number of carbonyl (C=O) groups is 1. The van der Waals surface area contributed by atoms with Crippen LogP contribution in [0, 0.1) is 12.8 Å². The van der Waals surface area contributed by atoms with E-state index in [4.69, 9.17) is 16.3 Å². The highest BCUT2D eigenvalue weighted by Crippen LogP contribution is 2.26. The molecular weight excluding hydrogens is 412 g/mol. The number of nitrogens with one attached hydrogen (secondary N) is 1. The highest BCUT2D eigenvalue weighted by Gasteiger charge is 2.27. The van der Waals surface area contributed by atoms with E-state index in [1.54, 1.807) is 47.4 Å². The van der Waals surface area contributed by atoms with Crippen LogP contribution < -0.4 is 9.46 Å². The van der Waals surface area contributed by atoms with Gasteiger partial charge in [-0.1, -0.05) is 29.3 Å². The fraction of sp³-hybridized carbons (Fsp3) is 0.381. The van der Waals surface area contributed by atoms with Gasteiger partial charge in [-0.2, -0.15) is 0 Å². The normalized spacial score (nSPS) is 17.2. The number of rotatable bonds is 6. The van der Waals surface area contributed by atoms with Crippen LogP contribution in [0.5, 0.6) is 5.75 Å². The number of hydrogen-bond acceptors (Lipinski definition) is 4. The minimum Gasteiger partial charge on any atom is -0.496 e. The maximum atomic E-state index is 13.0. The van der Waals surface area contributed by atoms with Gasteiger partial charge in [0.2, 0.25) is 10.0 Å². The summed E-state index contributed by atoms with van der Waals surface area (Å²) in [5.41, 5.74) is 1.42. The van der Waals surface area contributed by atoms with E-state index in [0.717, 1.165) is 18.4 Å². The summed E-state index contributed by atoms with van der Waals surface area (Å²) < 4.78 is 33.0. The molecule has 1 amide bonds. The number of aryl methyl sites for hydroxylation is 1. The van der Waals surface area contributed by atoms with Gasteiger partial charge in [0, 0.05) is 24.7 Å². The van der Waals surface area contributed by atoms with Crippen LogP contribution in [0.2, 0.25) is 5.02 Å². The third-order valence-corrected chi connectivity index (χ3v) is 6.77. The topological polar surface area (TPSA) is 75.7 Å². The molecule has 0 bridgehead atoms. The van der Waals surface area contributed by atoms with E-state index in [0.29, 0.717) is 29.4 Å². The van der Waals surface area contributed by atoms with Gasteiger partial charge in [-0.25, -0.2) is 13.1 Å². The first-order valence-corrected chi connectivity index (χ1v) is 11.4. The smallest absolute Gasteiger partial charge is 0.257 e. The first-order valence-electron chi connectivity index (χ1n) is 9.49. The molecule has 1 aliphatic rings. The number of hydrogen-bond donors (Lipinski definition) is 1. The van der Waals surface area contributed by atoms with Crippen LogP contribution >= 0.6 is 11.6 Å². The predicted molar refractivity (Wildman–Crippen MR) is 113 cm³/mol. The zero-order chi connectivity index (χ0) is 21.0. The van der Waals surface area contributed by atoms with Crippen molar-refractivity contribution in [2.24, 2.45) is 5.92 Å². The lowest BCUT2D eigenvalue weighted by molar-refractivity contribution is 0.0673. The minimum absolute atomic E-state index is 0.0399. The van der Waals surface area contributed by atoms with Crippen molar-refractivity contribution in [1.29, 1.82) is 0 Å². The van der Waals surface area contributed by atoms with Crippen LogP contribution in [0.4, 0.5) is 0 Å². The van der Waals surface area contributed by atoms with Gasteiger partial charge in [0.1, 0.15) is 5.75 Å². The molecule has 6 nitrogen and oxygen atoms in total. The van der Waals surface area contributed by atoms with Gasteiger partial charge in [0.25, 0.3) is 5.91 Å². The summed E-state index contributed by atoms with van der Waals surface area (Å²) in [7, 11) is -2.06. The number of ether oxygens (including phenoxy) is 1. The quantitative estimate of drug-likeness (QED) is 0.752. The van der Waals surface area contributed by atoms with E-state index < -0.39 is 10.0 Å². The second kappa shape index (κ2) is 9.15. The van der Waals surface area contributed by atoms with Gasteiger partial charge in [0.15, 0.2) is 0 Å². The van der Waals surface area contributed by atoms with Crippen molar-refractivity contribution >= 4 is 27.5 Å². The third-order valence-electron chi connectivity index (χ3n) is 5.09. The molecule has 0 aromatic heterocycles. The molecule has 1 aliphatic heterocycles. The highest BCUT2D eigenvalue weighted by molar-refractivity contribution is 7.89. The molecule has 2 aromatic rings. The van der Waals surface area contributed by atoms with Crippen molar-refractivity contribution in [1.82, 2.24) is 9.62 Å². The SMILES string of the molecule is COc1ccc(Cl)cc1C(=O)N1CCCC(CNS(=O)(=O)c2ccc(C)cc2)C1. The Morgan fingerprint density at radius 1 is 1.24 bits per heavy atom. The Balaban J connectivity index is 1.66. The molecule has 1 heterocycles. The molecule has 156 valence electrons. The first-order chi connectivity index (χ1) is 13.8. The molecule has 1 unspecified atom stereocenters. The summed E-state index contributed by atoms with van der Waals surface area (Å²) in [5.74, 6) is 0.357. The highest BCUT2D eigenvalue weighted by atomic mass is 35.5. The largest absolute Gasteiger partial charge is 0.496 e. The number of benzene rings is 2. The maximum absolute atomic E-state index is 13.0. The zero-order valence-electron chi connectivity index (χ0n) is 16.5. The van der Waals surface area contributed by atoms with Gasteiger partial charge in [-0.3, -0.25) is 4.79 Å². The molecule has 1 fully saturated rings. The van der Waals surface area contributed by atoms with Gasteiger partial charge < -0.3 is 9.64 Å². The summed E-state index contributed by atoms with van der Waals surface area (Å²) in [6.07, 6.45) is 1.67. The lowest BCUT2D eigenvalue weighted by atomic mass is 9.97. The number of methoxy groups -OCH3 is 1. The summed E-state index contributed by atoms with van der Waals surface area (Å²) >= 11 is 6.05. The number of sulfonamides is 1. The van der Waals surface area contributed by atoms with E-state index in [1.165, 1.54) is 7.11 Å². The van der Waals surface area contributed by atoms with Crippen molar-refractivity contribution in [3.8, 4) is 5.75 Å². The molecule has 0 aliphatic carbocycles. The lowest BCUT2D eigenvalue weighted by Crippen LogP contribution is -2.43. The first kappa shape index (κ1) is 21.6. The number of carbonyl (C=O) groups excluding carboxylic acids is 1. The van der Waals surface area contributed by atoms with Crippen molar-refractivity contribution in [3.05, 3.63) is 58.6 Å². The molecule has 0 radical (unpaired) electrons. The monoisotopic (exact) mass is 436 g/mol. The predicted octanol–water partition coefficient (Wildman–Crippen LogP) is 3.49. The average molecular weight is 437 g/mol. The third kappa shape index (κ3) is 5.29. The summed E-state index contributed by atoms with van der Waals surface area (Å²) in [6, 6.07) is 11.7. The molecule has 0 spiro atoms.